The Morgan fingerprint density at radius 2 is 1.95 bits per heavy atom. The molecule has 2 aliphatic rings. The molecule has 0 aromatic heterocycles. The zero-order valence-electron chi connectivity index (χ0n) is 12.5. The molecule has 1 aromatic carbocycles. The average molecular weight is 301 g/mol. The fourth-order valence-corrected chi connectivity index (χ4v) is 3.67. The van der Waals surface area contributed by atoms with Crippen LogP contribution in [0, 0.1) is 11.8 Å². The summed E-state index contributed by atoms with van der Waals surface area (Å²) in [5.41, 5.74) is 0.943. The first kappa shape index (κ1) is 14.8. The van der Waals surface area contributed by atoms with Crippen molar-refractivity contribution in [1.29, 1.82) is 0 Å². The van der Waals surface area contributed by atoms with Gasteiger partial charge in [-0.05, 0) is 18.4 Å². The lowest BCUT2D eigenvalue weighted by molar-refractivity contribution is -0.151. The number of esters is 1. The first-order valence-electron chi connectivity index (χ1n) is 7.61. The molecule has 0 N–H and O–H groups in total. The molecule has 0 spiro atoms. The second kappa shape index (κ2) is 5.91. The minimum Gasteiger partial charge on any atom is -0.461 e. The number of carbonyl (C=O) groups is 3. The molecule has 0 bridgehead atoms. The average Bonchev–Trinajstić information content (AvgIpc) is 3.03. The molecule has 3 atom stereocenters. The zero-order chi connectivity index (χ0) is 15.7. The number of rotatable bonds is 3. The van der Waals surface area contributed by atoms with Gasteiger partial charge in [-0.2, -0.15) is 0 Å². The van der Waals surface area contributed by atoms with E-state index in [1.807, 2.05) is 30.3 Å². The highest BCUT2D eigenvalue weighted by atomic mass is 16.5. The number of nitrogens with zero attached hydrogens (tertiary/aromatic N) is 1. The Kier molecular flexibility index (Phi) is 3.96. The highest BCUT2D eigenvalue weighted by Gasteiger charge is 2.51. The lowest BCUT2D eigenvalue weighted by atomic mass is 9.93. The Morgan fingerprint density at radius 3 is 2.64 bits per heavy atom. The van der Waals surface area contributed by atoms with E-state index in [4.69, 9.17) is 4.74 Å². The first-order chi connectivity index (χ1) is 10.6. The van der Waals surface area contributed by atoms with Gasteiger partial charge in [-0.1, -0.05) is 30.3 Å². The van der Waals surface area contributed by atoms with Gasteiger partial charge < -0.3 is 4.74 Å². The van der Waals surface area contributed by atoms with Gasteiger partial charge in [0.1, 0.15) is 6.61 Å². The predicted octanol–water partition coefficient (Wildman–Crippen LogP) is 1.90. The van der Waals surface area contributed by atoms with Crippen molar-refractivity contribution >= 4 is 17.8 Å². The number of likely N-dealkylation sites (tertiary alicyclic amines) is 1. The largest absolute Gasteiger partial charge is 0.461 e. The van der Waals surface area contributed by atoms with Crippen molar-refractivity contribution in [3.8, 4) is 0 Å². The van der Waals surface area contributed by atoms with E-state index in [-0.39, 0.29) is 48.7 Å². The number of fused-ring (bicyclic) bond motifs is 1. The van der Waals surface area contributed by atoms with Crippen LogP contribution in [-0.4, -0.2) is 28.7 Å². The van der Waals surface area contributed by atoms with Crippen molar-refractivity contribution in [3.63, 3.8) is 0 Å². The Balaban J connectivity index is 1.63. The quantitative estimate of drug-likeness (QED) is 0.800. The molecule has 22 heavy (non-hydrogen) atoms. The van der Waals surface area contributed by atoms with Crippen LogP contribution < -0.4 is 0 Å². The molecular weight excluding hydrogens is 282 g/mol. The molecule has 1 aromatic rings. The van der Waals surface area contributed by atoms with Crippen molar-refractivity contribution in [2.75, 3.05) is 0 Å². The third-order valence-electron chi connectivity index (χ3n) is 4.66. The maximum Gasteiger partial charge on any atom is 0.309 e. The van der Waals surface area contributed by atoms with Crippen LogP contribution in [0.1, 0.15) is 31.7 Å². The van der Waals surface area contributed by atoms with Crippen molar-refractivity contribution in [2.45, 2.75) is 38.8 Å². The van der Waals surface area contributed by atoms with Crippen LogP contribution in [0.2, 0.25) is 0 Å². The number of carbonyl (C=O) groups excluding carboxylic acids is 3. The molecule has 5 nitrogen and oxygen atoms in total. The molecule has 1 saturated heterocycles. The van der Waals surface area contributed by atoms with E-state index in [1.54, 1.807) is 0 Å². The summed E-state index contributed by atoms with van der Waals surface area (Å²) in [7, 11) is 0. The summed E-state index contributed by atoms with van der Waals surface area (Å²) in [6, 6.07) is 9.39. The summed E-state index contributed by atoms with van der Waals surface area (Å²) in [5.74, 6) is -1.00. The fourth-order valence-electron chi connectivity index (χ4n) is 3.67. The van der Waals surface area contributed by atoms with Gasteiger partial charge in [0.05, 0.1) is 5.92 Å². The number of hydrogen-bond acceptors (Lipinski definition) is 4. The van der Waals surface area contributed by atoms with Crippen molar-refractivity contribution in [3.05, 3.63) is 35.9 Å². The molecule has 1 aliphatic heterocycles. The third kappa shape index (κ3) is 2.63. The molecule has 2 amide bonds. The molecular formula is C17H19NO4. The van der Waals surface area contributed by atoms with Crippen molar-refractivity contribution in [2.24, 2.45) is 11.8 Å². The summed E-state index contributed by atoms with van der Waals surface area (Å²) in [5, 5.41) is 0. The second-order valence-corrected chi connectivity index (χ2v) is 6.00. The summed E-state index contributed by atoms with van der Waals surface area (Å²) in [6.45, 7) is 1.65. The minimum absolute atomic E-state index is 0.0836. The SMILES string of the molecule is CC(=O)N1C(=O)C[C@H]2C(C(=O)OCc3ccccc3)CC[C@@H]21. The predicted molar refractivity (Wildman–Crippen MR) is 78.4 cm³/mol. The Morgan fingerprint density at radius 1 is 1.23 bits per heavy atom. The highest BCUT2D eigenvalue weighted by molar-refractivity contribution is 5.97. The minimum atomic E-state index is -0.276. The van der Waals surface area contributed by atoms with Crippen LogP contribution in [0.3, 0.4) is 0 Å². The van der Waals surface area contributed by atoms with Crippen LogP contribution in [0.15, 0.2) is 30.3 Å². The Hall–Kier alpha value is -2.17. The molecule has 1 aliphatic carbocycles. The topological polar surface area (TPSA) is 63.7 Å². The van der Waals surface area contributed by atoms with Crippen LogP contribution in [0.5, 0.6) is 0 Å². The van der Waals surface area contributed by atoms with Crippen LogP contribution >= 0.6 is 0 Å². The number of amides is 2. The van der Waals surface area contributed by atoms with Gasteiger partial charge in [0.15, 0.2) is 0 Å². The van der Waals surface area contributed by atoms with Gasteiger partial charge in [-0.25, -0.2) is 0 Å². The lowest BCUT2D eigenvalue weighted by Gasteiger charge is -2.20. The molecule has 1 unspecified atom stereocenters. The summed E-state index contributed by atoms with van der Waals surface area (Å²) in [4.78, 5) is 37.1. The van der Waals surface area contributed by atoms with E-state index in [9.17, 15) is 14.4 Å². The molecule has 5 heteroatoms. The number of benzene rings is 1. The molecule has 3 rings (SSSR count). The van der Waals surface area contributed by atoms with E-state index in [2.05, 4.69) is 0 Å². The van der Waals surface area contributed by atoms with E-state index in [0.717, 1.165) is 5.56 Å². The zero-order valence-corrected chi connectivity index (χ0v) is 12.5. The molecule has 116 valence electrons. The lowest BCUT2D eigenvalue weighted by Crippen LogP contribution is -2.37. The summed E-state index contributed by atoms with van der Waals surface area (Å²) in [6.07, 6.45) is 1.65. The Bertz CT molecular complexity index is 598. The van der Waals surface area contributed by atoms with E-state index < -0.39 is 0 Å². The van der Waals surface area contributed by atoms with Crippen molar-refractivity contribution < 1.29 is 19.1 Å². The first-order valence-corrected chi connectivity index (χ1v) is 7.61. The smallest absolute Gasteiger partial charge is 0.309 e. The van der Waals surface area contributed by atoms with Gasteiger partial charge in [-0.15, -0.1) is 0 Å². The van der Waals surface area contributed by atoms with Crippen molar-refractivity contribution in [1.82, 2.24) is 4.90 Å². The summed E-state index contributed by atoms with van der Waals surface area (Å²) < 4.78 is 5.40. The number of hydrogen-bond donors (Lipinski definition) is 0. The van der Waals surface area contributed by atoms with Gasteiger partial charge in [0, 0.05) is 25.3 Å². The van der Waals surface area contributed by atoms with Crippen LogP contribution in [0.4, 0.5) is 0 Å². The van der Waals surface area contributed by atoms with Crippen LogP contribution in [-0.2, 0) is 25.7 Å². The van der Waals surface area contributed by atoms with Gasteiger partial charge in [-0.3, -0.25) is 19.3 Å². The van der Waals surface area contributed by atoms with E-state index in [1.165, 1.54) is 11.8 Å². The van der Waals surface area contributed by atoms with Crippen LogP contribution in [0.25, 0.3) is 0 Å². The standard InChI is InChI=1S/C17H19NO4/c1-11(19)18-15-8-7-13(14(15)9-16(18)20)17(21)22-10-12-5-3-2-4-6-12/h2-6,13-15H,7-10H2,1H3/t13?,14-,15-/m0/s1. The van der Waals surface area contributed by atoms with E-state index in [0.29, 0.717) is 12.8 Å². The molecule has 1 heterocycles. The second-order valence-electron chi connectivity index (χ2n) is 6.00. The summed E-state index contributed by atoms with van der Waals surface area (Å²) >= 11 is 0. The van der Waals surface area contributed by atoms with Gasteiger partial charge in [0.2, 0.25) is 11.8 Å². The monoisotopic (exact) mass is 301 g/mol. The normalized spacial score (nSPS) is 26.9. The maximum atomic E-state index is 12.3. The third-order valence-corrected chi connectivity index (χ3v) is 4.66. The number of ether oxygens (including phenoxy) is 1. The molecule has 0 radical (unpaired) electrons. The molecule has 1 saturated carbocycles. The van der Waals surface area contributed by atoms with Gasteiger partial charge >= 0.3 is 5.97 Å². The maximum absolute atomic E-state index is 12.3. The van der Waals surface area contributed by atoms with E-state index >= 15 is 0 Å². The fraction of sp³-hybridized carbons (Fsp3) is 0.471. The van der Waals surface area contributed by atoms with Gasteiger partial charge in [0.25, 0.3) is 0 Å². The highest BCUT2D eigenvalue weighted by Crippen LogP contribution is 2.43. The molecule has 2 fully saturated rings. The number of imide groups is 1. The Labute approximate surface area is 129 Å².